The number of anilines is 2. The summed E-state index contributed by atoms with van der Waals surface area (Å²) in [5.41, 5.74) is 1.77. The summed E-state index contributed by atoms with van der Waals surface area (Å²) in [7, 11) is 0. The summed E-state index contributed by atoms with van der Waals surface area (Å²) >= 11 is 0. The largest absolute Gasteiger partial charge is 0.337 e. The van der Waals surface area contributed by atoms with Crippen LogP contribution in [0.2, 0.25) is 0 Å². The molecule has 108 valence electrons. The Labute approximate surface area is 125 Å². The molecule has 0 aliphatic carbocycles. The molecule has 1 saturated heterocycles. The topological polar surface area (TPSA) is 54.6 Å². The Morgan fingerprint density at radius 1 is 1.00 bits per heavy atom. The second-order valence-electron chi connectivity index (χ2n) is 5.08. The molecule has 22 heavy (non-hydrogen) atoms. The molecule has 2 heterocycles. The summed E-state index contributed by atoms with van der Waals surface area (Å²) in [6.07, 6.45) is 1.59. The Balaban J connectivity index is 1.81. The van der Waals surface area contributed by atoms with Crippen molar-refractivity contribution in [3.05, 3.63) is 54.3 Å². The molecule has 1 N–H and O–H groups in total. The SMILES string of the molecule is O=C1C2C=[NH+]c3ccccc3N2C(=O)N1c1ccc(F)cc1. The summed E-state index contributed by atoms with van der Waals surface area (Å²) in [6.45, 7) is 0. The minimum atomic E-state index is -0.701. The van der Waals surface area contributed by atoms with Crippen molar-refractivity contribution >= 4 is 35.2 Å². The van der Waals surface area contributed by atoms with Crippen molar-refractivity contribution in [1.29, 1.82) is 0 Å². The minimum Gasteiger partial charge on any atom is -0.271 e. The van der Waals surface area contributed by atoms with E-state index in [1.165, 1.54) is 29.2 Å². The Bertz CT molecular complexity index is 816. The number of halogens is 1. The van der Waals surface area contributed by atoms with Crippen molar-refractivity contribution in [2.24, 2.45) is 0 Å². The average Bonchev–Trinajstić information content (AvgIpc) is 2.80. The standard InChI is InChI=1S/C16H10FN3O2/c17-10-5-7-11(8-6-10)19-15(21)14-9-18-12-3-1-2-4-13(12)20(14)16(19)22/h1-9,14H/p+1. The zero-order valence-electron chi connectivity index (χ0n) is 11.4. The minimum absolute atomic E-state index is 0.358. The highest BCUT2D eigenvalue weighted by molar-refractivity contribution is 6.33. The van der Waals surface area contributed by atoms with Crippen LogP contribution in [-0.2, 0) is 4.79 Å². The number of para-hydroxylation sites is 2. The molecular weight excluding hydrogens is 285 g/mol. The summed E-state index contributed by atoms with van der Waals surface area (Å²) in [6, 6.07) is 11.4. The molecule has 6 heteroatoms. The van der Waals surface area contributed by atoms with E-state index in [0.29, 0.717) is 11.4 Å². The van der Waals surface area contributed by atoms with Gasteiger partial charge in [0.25, 0.3) is 5.91 Å². The lowest BCUT2D eigenvalue weighted by Crippen LogP contribution is -2.69. The number of hydrogen-bond donors (Lipinski definition) is 1. The van der Waals surface area contributed by atoms with E-state index in [1.54, 1.807) is 18.3 Å². The summed E-state index contributed by atoms with van der Waals surface area (Å²) in [5.74, 6) is -0.780. The number of urea groups is 1. The molecule has 2 aliphatic rings. The lowest BCUT2D eigenvalue weighted by molar-refractivity contribution is -0.350. The molecule has 2 aromatic rings. The second kappa shape index (κ2) is 4.49. The maximum Gasteiger partial charge on any atom is 0.337 e. The van der Waals surface area contributed by atoms with Crippen LogP contribution in [0.1, 0.15) is 0 Å². The number of fused-ring (bicyclic) bond motifs is 3. The van der Waals surface area contributed by atoms with Gasteiger partial charge in [0.1, 0.15) is 11.5 Å². The van der Waals surface area contributed by atoms with Gasteiger partial charge in [0.2, 0.25) is 5.69 Å². The van der Waals surface area contributed by atoms with Gasteiger partial charge in [0.05, 0.1) is 5.69 Å². The first-order chi connectivity index (χ1) is 10.7. The third kappa shape index (κ3) is 1.67. The van der Waals surface area contributed by atoms with Gasteiger partial charge in [-0.3, -0.25) is 9.69 Å². The van der Waals surface area contributed by atoms with Crippen LogP contribution < -0.4 is 14.8 Å². The number of rotatable bonds is 1. The number of hydrogen-bond acceptors (Lipinski definition) is 2. The van der Waals surface area contributed by atoms with Crippen LogP contribution in [0.5, 0.6) is 0 Å². The summed E-state index contributed by atoms with van der Waals surface area (Å²) < 4.78 is 13.0. The second-order valence-corrected chi connectivity index (χ2v) is 5.08. The van der Waals surface area contributed by atoms with Crippen molar-refractivity contribution in [3.63, 3.8) is 0 Å². The van der Waals surface area contributed by atoms with E-state index in [2.05, 4.69) is 4.99 Å². The molecular formula is C16H11FN3O2+. The molecule has 4 rings (SSSR count). The fourth-order valence-corrected chi connectivity index (χ4v) is 2.76. The van der Waals surface area contributed by atoms with Gasteiger partial charge in [-0.1, -0.05) is 12.1 Å². The molecule has 0 aromatic heterocycles. The van der Waals surface area contributed by atoms with Crippen LogP contribution in [0.4, 0.5) is 26.2 Å². The molecule has 0 saturated carbocycles. The van der Waals surface area contributed by atoms with Gasteiger partial charge in [-0.25, -0.2) is 19.1 Å². The van der Waals surface area contributed by atoms with Crippen molar-refractivity contribution < 1.29 is 19.0 Å². The molecule has 3 amide bonds. The fraction of sp³-hybridized carbons (Fsp3) is 0.0625. The summed E-state index contributed by atoms with van der Waals surface area (Å²) in [5, 5.41) is 0. The van der Waals surface area contributed by atoms with Crippen LogP contribution in [0.25, 0.3) is 0 Å². The van der Waals surface area contributed by atoms with E-state index in [-0.39, 0.29) is 5.91 Å². The number of imide groups is 1. The number of carbonyl (C=O) groups excluding carboxylic acids is 2. The molecule has 0 spiro atoms. The molecule has 5 nitrogen and oxygen atoms in total. The average molecular weight is 296 g/mol. The van der Waals surface area contributed by atoms with Crippen molar-refractivity contribution in [2.45, 2.75) is 6.04 Å². The normalized spacial score (nSPS) is 19.4. The van der Waals surface area contributed by atoms with E-state index < -0.39 is 17.9 Å². The van der Waals surface area contributed by atoms with E-state index in [0.717, 1.165) is 10.6 Å². The van der Waals surface area contributed by atoms with Gasteiger partial charge in [-0.2, -0.15) is 0 Å². The molecule has 1 unspecified atom stereocenters. The maximum absolute atomic E-state index is 13.0. The van der Waals surface area contributed by atoms with Crippen molar-refractivity contribution in [3.8, 4) is 0 Å². The Kier molecular flexibility index (Phi) is 2.59. The smallest absolute Gasteiger partial charge is 0.271 e. The molecule has 1 fully saturated rings. The zero-order chi connectivity index (χ0) is 15.3. The number of carbonyl (C=O) groups is 2. The number of nitrogens with one attached hydrogen (secondary N) is 1. The van der Waals surface area contributed by atoms with Crippen molar-refractivity contribution in [2.75, 3.05) is 9.80 Å². The molecule has 2 aliphatic heterocycles. The van der Waals surface area contributed by atoms with Gasteiger partial charge in [-0.15, -0.1) is 0 Å². The van der Waals surface area contributed by atoms with Gasteiger partial charge in [0, 0.05) is 6.07 Å². The molecule has 0 bridgehead atoms. The maximum atomic E-state index is 13.0. The van der Waals surface area contributed by atoms with E-state index in [1.807, 2.05) is 12.1 Å². The predicted molar refractivity (Wildman–Crippen MR) is 78.7 cm³/mol. The van der Waals surface area contributed by atoms with E-state index in [4.69, 9.17) is 0 Å². The van der Waals surface area contributed by atoms with Crippen LogP contribution in [0, 0.1) is 5.82 Å². The van der Waals surface area contributed by atoms with Gasteiger partial charge in [0.15, 0.2) is 12.3 Å². The summed E-state index contributed by atoms with van der Waals surface area (Å²) in [4.78, 5) is 30.8. The number of amides is 3. The molecule has 0 radical (unpaired) electrons. The Morgan fingerprint density at radius 2 is 1.73 bits per heavy atom. The van der Waals surface area contributed by atoms with Crippen LogP contribution in [0.3, 0.4) is 0 Å². The van der Waals surface area contributed by atoms with Gasteiger partial charge in [-0.05, 0) is 30.3 Å². The fourth-order valence-electron chi connectivity index (χ4n) is 2.76. The quantitative estimate of drug-likeness (QED) is 0.797. The first-order valence-electron chi connectivity index (χ1n) is 6.78. The highest BCUT2D eigenvalue weighted by Crippen LogP contribution is 2.33. The third-order valence-electron chi connectivity index (χ3n) is 3.79. The Hall–Kier alpha value is -3.02. The van der Waals surface area contributed by atoms with Crippen LogP contribution in [-0.4, -0.2) is 24.2 Å². The number of benzene rings is 2. The lowest BCUT2D eigenvalue weighted by Gasteiger charge is -2.20. The lowest BCUT2D eigenvalue weighted by atomic mass is 10.1. The van der Waals surface area contributed by atoms with Gasteiger partial charge >= 0.3 is 6.03 Å². The van der Waals surface area contributed by atoms with Crippen LogP contribution >= 0.6 is 0 Å². The Morgan fingerprint density at radius 3 is 2.50 bits per heavy atom. The van der Waals surface area contributed by atoms with Crippen molar-refractivity contribution in [1.82, 2.24) is 0 Å². The zero-order valence-corrected chi connectivity index (χ0v) is 11.4. The predicted octanol–water partition coefficient (Wildman–Crippen LogP) is 0.964. The highest BCUT2D eigenvalue weighted by atomic mass is 19.1. The highest BCUT2D eigenvalue weighted by Gasteiger charge is 2.50. The molecule has 1 atom stereocenters. The number of nitrogens with zero attached hydrogens (tertiary/aromatic N) is 2. The van der Waals surface area contributed by atoms with Gasteiger partial charge < -0.3 is 0 Å². The first-order valence-corrected chi connectivity index (χ1v) is 6.78. The van der Waals surface area contributed by atoms with Crippen LogP contribution in [0.15, 0.2) is 48.5 Å². The monoisotopic (exact) mass is 296 g/mol. The third-order valence-corrected chi connectivity index (χ3v) is 3.79. The van der Waals surface area contributed by atoms with E-state index >= 15 is 0 Å². The first kappa shape index (κ1) is 12.7. The molecule has 2 aromatic carbocycles. The van der Waals surface area contributed by atoms with E-state index in [9.17, 15) is 14.0 Å².